The number of thioether (sulfide) groups is 1. The van der Waals surface area contributed by atoms with Gasteiger partial charge in [0.2, 0.25) is 21.1 Å². The third-order valence-electron chi connectivity index (χ3n) is 5.01. The van der Waals surface area contributed by atoms with Crippen LogP contribution in [0, 0.1) is 0 Å². The summed E-state index contributed by atoms with van der Waals surface area (Å²) in [7, 11) is -3.49. The van der Waals surface area contributed by atoms with Gasteiger partial charge in [-0.2, -0.15) is 8.99 Å². The number of nitrogens with zero attached hydrogens (tertiary/aromatic N) is 5. The number of hydrogen-bond donors (Lipinski definition) is 2. The number of benzene rings is 2. The standard InChI is InChI=1S/C20H22N6O4S2/c1-14(31-20-22-23-24-26(20)16-6-8-17(27)9-7-16)19(28)21-15-4-10-18(11-5-15)32(29,30)25-12-2-3-13-25/h4-11,14,27H,2-3,12-13H2,1H3,(H,21,28)/t14-/m0/s1. The monoisotopic (exact) mass is 474 g/mol. The van der Waals surface area contributed by atoms with Crippen molar-refractivity contribution in [1.29, 1.82) is 0 Å². The second-order valence-corrected chi connectivity index (χ2v) is 10.5. The van der Waals surface area contributed by atoms with Gasteiger partial charge in [-0.05, 0) is 78.7 Å². The molecule has 1 atom stereocenters. The van der Waals surface area contributed by atoms with Crippen LogP contribution in [0.5, 0.6) is 5.75 Å². The van der Waals surface area contributed by atoms with Gasteiger partial charge in [0.15, 0.2) is 0 Å². The Morgan fingerprint density at radius 1 is 1.09 bits per heavy atom. The fraction of sp³-hybridized carbons (Fsp3) is 0.300. The van der Waals surface area contributed by atoms with Crippen molar-refractivity contribution < 1.29 is 18.3 Å². The number of amides is 1. The quantitative estimate of drug-likeness (QED) is 0.499. The van der Waals surface area contributed by atoms with Crippen molar-refractivity contribution >= 4 is 33.4 Å². The normalized spacial score (nSPS) is 15.5. The maximum Gasteiger partial charge on any atom is 0.243 e. The van der Waals surface area contributed by atoms with E-state index in [0.717, 1.165) is 12.8 Å². The number of aromatic hydroxyl groups is 1. The molecular formula is C20H22N6O4S2. The van der Waals surface area contributed by atoms with Crippen molar-refractivity contribution in [2.75, 3.05) is 18.4 Å². The summed E-state index contributed by atoms with van der Waals surface area (Å²) in [5.74, 6) is -0.145. The number of tetrazole rings is 1. The molecule has 1 amide bonds. The number of carbonyl (C=O) groups is 1. The third-order valence-corrected chi connectivity index (χ3v) is 7.96. The summed E-state index contributed by atoms with van der Waals surface area (Å²) in [6.07, 6.45) is 1.75. The van der Waals surface area contributed by atoms with E-state index < -0.39 is 15.3 Å². The van der Waals surface area contributed by atoms with E-state index in [4.69, 9.17) is 0 Å². The van der Waals surface area contributed by atoms with Crippen molar-refractivity contribution in [2.45, 2.75) is 35.1 Å². The van der Waals surface area contributed by atoms with Crippen molar-refractivity contribution in [3.05, 3.63) is 48.5 Å². The molecule has 0 unspecified atom stereocenters. The molecule has 32 heavy (non-hydrogen) atoms. The highest BCUT2D eigenvalue weighted by molar-refractivity contribution is 8.00. The van der Waals surface area contributed by atoms with Crippen LogP contribution in [0.2, 0.25) is 0 Å². The minimum atomic E-state index is -3.49. The van der Waals surface area contributed by atoms with Crippen LogP contribution in [-0.2, 0) is 14.8 Å². The fourth-order valence-electron chi connectivity index (χ4n) is 3.25. The number of nitrogens with one attached hydrogen (secondary N) is 1. The molecule has 1 fully saturated rings. The zero-order chi connectivity index (χ0) is 22.7. The van der Waals surface area contributed by atoms with Gasteiger partial charge in [-0.1, -0.05) is 11.8 Å². The largest absolute Gasteiger partial charge is 0.508 e. The molecule has 0 aliphatic carbocycles. The van der Waals surface area contributed by atoms with Crippen molar-refractivity contribution in [3.8, 4) is 11.4 Å². The first-order valence-corrected chi connectivity index (χ1v) is 12.3. The number of phenols is 1. The van der Waals surface area contributed by atoms with Crippen LogP contribution in [-0.4, -0.2) is 62.3 Å². The van der Waals surface area contributed by atoms with Gasteiger partial charge in [-0.15, -0.1) is 5.10 Å². The summed E-state index contributed by atoms with van der Waals surface area (Å²) < 4.78 is 28.2. The average Bonchev–Trinajstić information content (AvgIpc) is 3.47. The number of aromatic nitrogens is 4. The molecule has 2 heterocycles. The average molecular weight is 475 g/mol. The highest BCUT2D eigenvalue weighted by atomic mass is 32.2. The van der Waals surface area contributed by atoms with Crippen LogP contribution in [0.3, 0.4) is 0 Å². The van der Waals surface area contributed by atoms with Gasteiger partial charge < -0.3 is 10.4 Å². The maximum absolute atomic E-state index is 12.7. The van der Waals surface area contributed by atoms with Gasteiger partial charge in [-0.3, -0.25) is 4.79 Å². The summed E-state index contributed by atoms with van der Waals surface area (Å²) in [5, 5.41) is 23.7. The summed E-state index contributed by atoms with van der Waals surface area (Å²) in [4.78, 5) is 12.9. The molecule has 1 saturated heterocycles. The molecule has 12 heteroatoms. The molecular weight excluding hydrogens is 452 g/mol. The van der Waals surface area contributed by atoms with Crippen LogP contribution in [0.1, 0.15) is 19.8 Å². The minimum absolute atomic E-state index is 0.128. The Hall–Kier alpha value is -2.96. The molecule has 2 aromatic carbocycles. The Morgan fingerprint density at radius 2 is 1.75 bits per heavy atom. The van der Waals surface area contributed by atoms with E-state index in [1.54, 1.807) is 31.2 Å². The van der Waals surface area contributed by atoms with Crippen LogP contribution in [0.4, 0.5) is 5.69 Å². The second kappa shape index (κ2) is 9.27. The molecule has 0 saturated carbocycles. The van der Waals surface area contributed by atoms with Crippen molar-refractivity contribution in [2.24, 2.45) is 0 Å². The number of hydrogen-bond acceptors (Lipinski definition) is 8. The number of sulfonamides is 1. The summed E-state index contributed by atoms with van der Waals surface area (Å²) >= 11 is 1.18. The molecule has 10 nitrogen and oxygen atoms in total. The smallest absolute Gasteiger partial charge is 0.243 e. The number of phenolic OH excluding ortho intramolecular Hbond substituents is 1. The lowest BCUT2D eigenvalue weighted by atomic mass is 10.3. The molecule has 0 bridgehead atoms. The van der Waals surface area contributed by atoms with Crippen LogP contribution in [0.15, 0.2) is 58.6 Å². The Balaban J connectivity index is 1.40. The Kier molecular flexibility index (Phi) is 6.44. The first-order chi connectivity index (χ1) is 15.3. The van der Waals surface area contributed by atoms with Gasteiger partial charge in [0, 0.05) is 18.8 Å². The third kappa shape index (κ3) is 4.76. The highest BCUT2D eigenvalue weighted by Gasteiger charge is 2.27. The lowest BCUT2D eigenvalue weighted by Gasteiger charge is -2.16. The minimum Gasteiger partial charge on any atom is -0.508 e. The van der Waals surface area contributed by atoms with Gasteiger partial charge in [0.25, 0.3) is 0 Å². The number of anilines is 1. The predicted molar refractivity (Wildman–Crippen MR) is 119 cm³/mol. The van der Waals surface area contributed by atoms with Gasteiger partial charge >= 0.3 is 0 Å². The zero-order valence-electron chi connectivity index (χ0n) is 17.2. The molecule has 2 N–H and O–H groups in total. The first-order valence-electron chi connectivity index (χ1n) is 10.00. The van der Waals surface area contributed by atoms with E-state index in [1.165, 1.54) is 45.0 Å². The Morgan fingerprint density at radius 3 is 2.41 bits per heavy atom. The number of rotatable bonds is 7. The first kappa shape index (κ1) is 22.2. The lowest BCUT2D eigenvalue weighted by molar-refractivity contribution is -0.115. The lowest BCUT2D eigenvalue weighted by Crippen LogP contribution is -2.27. The summed E-state index contributed by atoms with van der Waals surface area (Å²) in [6.45, 7) is 2.81. The SMILES string of the molecule is C[C@H](Sc1nnnn1-c1ccc(O)cc1)C(=O)Nc1ccc(S(=O)(=O)N2CCCC2)cc1. The fourth-order valence-corrected chi connectivity index (χ4v) is 5.58. The molecule has 1 aliphatic heterocycles. The molecule has 0 radical (unpaired) electrons. The van der Waals surface area contributed by atoms with E-state index in [9.17, 15) is 18.3 Å². The van der Waals surface area contributed by atoms with Gasteiger partial charge in [0.05, 0.1) is 15.8 Å². The van der Waals surface area contributed by atoms with Crippen LogP contribution in [0.25, 0.3) is 5.69 Å². The molecule has 3 aromatic rings. The number of carbonyl (C=O) groups excluding carboxylic acids is 1. The topological polar surface area (TPSA) is 130 Å². The molecule has 4 rings (SSSR count). The van der Waals surface area contributed by atoms with Crippen LogP contribution < -0.4 is 5.32 Å². The second-order valence-electron chi connectivity index (χ2n) is 7.27. The predicted octanol–water partition coefficient (Wildman–Crippen LogP) is 2.27. The Labute approximate surface area is 189 Å². The van der Waals surface area contributed by atoms with Crippen molar-refractivity contribution in [3.63, 3.8) is 0 Å². The maximum atomic E-state index is 12.7. The van der Waals surface area contributed by atoms with E-state index in [2.05, 4.69) is 20.8 Å². The summed E-state index contributed by atoms with van der Waals surface area (Å²) in [6, 6.07) is 12.6. The van der Waals surface area contributed by atoms with E-state index in [-0.39, 0.29) is 16.6 Å². The molecule has 1 aliphatic rings. The highest BCUT2D eigenvalue weighted by Crippen LogP contribution is 2.26. The van der Waals surface area contributed by atoms with E-state index in [1.807, 2.05) is 0 Å². The van der Waals surface area contributed by atoms with Gasteiger partial charge in [0.1, 0.15) is 5.75 Å². The molecule has 168 valence electrons. The van der Waals surface area contributed by atoms with Crippen molar-refractivity contribution in [1.82, 2.24) is 24.5 Å². The summed E-state index contributed by atoms with van der Waals surface area (Å²) in [5.41, 5.74) is 1.15. The van der Waals surface area contributed by atoms with Gasteiger partial charge in [-0.25, -0.2) is 8.42 Å². The zero-order valence-corrected chi connectivity index (χ0v) is 18.9. The molecule has 0 spiro atoms. The molecule has 1 aromatic heterocycles. The van der Waals surface area contributed by atoms with Crippen LogP contribution >= 0.6 is 11.8 Å². The Bertz CT molecular complexity index is 1190. The van der Waals surface area contributed by atoms with E-state index >= 15 is 0 Å². The van der Waals surface area contributed by atoms with E-state index in [0.29, 0.717) is 29.6 Å².